The maximum Gasteiger partial charge on any atom is 0.325 e. The largest absolute Gasteiger partial charge is 0.465 e. The molecule has 2 N–H and O–H groups in total. The number of rotatable bonds is 8. The van der Waals surface area contributed by atoms with Crippen LogP contribution in [0.25, 0.3) is 0 Å². The lowest BCUT2D eigenvalue weighted by Crippen LogP contribution is -2.58. The average molecular weight is 355 g/mol. The van der Waals surface area contributed by atoms with E-state index in [1.807, 2.05) is 0 Å². The summed E-state index contributed by atoms with van der Waals surface area (Å²) < 4.78 is 9.71. The maximum atomic E-state index is 12.2. The lowest BCUT2D eigenvalue weighted by atomic mass is 9.82. The van der Waals surface area contributed by atoms with Gasteiger partial charge in [-0.15, -0.1) is 0 Å². The van der Waals surface area contributed by atoms with Gasteiger partial charge in [0.25, 0.3) is 0 Å². The van der Waals surface area contributed by atoms with Gasteiger partial charge in [0.05, 0.1) is 6.61 Å². The Morgan fingerprint density at radius 3 is 2.44 bits per heavy atom. The minimum Gasteiger partial charge on any atom is -0.465 e. The number of carbonyl (C=O) groups is 3. The number of ether oxygens (including phenoxy) is 2. The molecular formula is C17H29N3O5. The van der Waals surface area contributed by atoms with E-state index in [2.05, 4.69) is 10.6 Å². The molecule has 0 bridgehead atoms. The van der Waals surface area contributed by atoms with Crippen molar-refractivity contribution in [1.82, 2.24) is 15.5 Å². The monoisotopic (exact) mass is 355 g/mol. The van der Waals surface area contributed by atoms with Crippen molar-refractivity contribution in [3.63, 3.8) is 0 Å². The molecule has 0 aromatic carbocycles. The number of amides is 3. The fourth-order valence-electron chi connectivity index (χ4n) is 3.33. The molecule has 0 atom stereocenters. The molecule has 0 radical (unpaired) electrons. The molecule has 1 aliphatic heterocycles. The van der Waals surface area contributed by atoms with Crippen molar-refractivity contribution in [1.29, 1.82) is 0 Å². The first-order chi connectivity index (χ1) is 12.0. The van der Waals surface area contributed by atoms with Gasteiger partial charge in [0.2, 0.25) is 5.91 Å². The molecule has 1 heterocycles. The number of hydrogen-bond acceptors (Lipinski definition) is 5. The highest BCUT2D eigenvalue weighted by Crippen LogP contribution is 2.40. The second-order valence-corrected chi connectivity index (χ2v) is 6.86. The highest BCUT2D eigenvalue weighted by molar-refractivity contribution is 5.81. The predicted octanol–water partition coefficient (Wildman–Crippen LogP) is 0.656. The molecule has 25 heavy (non-hydrogen) atoms. The molecular weight excluding hydrogens is 326 g/mol. The van der Waals surface area contributed by atoms with Crippen LogP contribution in [0.5, 0.6) is 0 Å². The summed E-state index contributed by atoms with van der Waals surface area (Å²) in [4.78, 5) is 37.2. The van der Waals surface area contributed by atoms with E-state index in [0.717, 1.165) is 6.42 Å². The summed E-state index contributed by atoms with van der Waals surface area (Å²) in [7, 11) is 1.50. The third kappa shape index (κ3) is 6.19. The van der Waals surface area contributed by atoms with Crippen molar-refractivity contribution in [2.24, 2.45) is 5.92 Å². The Balaban J connectivity index is 1.84. The lowest BCUT2D eigenvalue weighted by Gasteiger charge is -2.42. The SMILES string of the molecule is CCOC(=O)CNC(=O)N1CCC(CC2CC2)(NC(=O)COC)CC1. The molecule has 1 aliphatic carbocycles. The van der Waals surface area contributed by atoms with Crippen LogP contribution >= 0.6 is 0 Å². The smallest absolute Gasteiger partial charge is 0.325 e. The van der Waals surface area contributed by atoms with Crippen LogP contribution in [0.2, 0.25) is 0 Å². The van der Waals surface area contributed by atoms with E-state index in [-0.39, 0.29) is 30.6 Å². The number of piperidine rings is 1. The van der Waals surface area contributed by atoms with E-state index < -0.39 is 5.97 Å². The fraction of sp³-hybridized carbons (Fsp3) is 0.824. The minimum absolute atomic E-state index is 0.0517. The number of nitrogens with zero attached hydrogens (tertiary/aromatic N) is 1. The minimum atomic E-state index is -0.442. The molecule has 8 heteroatoms. The van der Waals surface area contributed by atoms with Crippen molar-refractivity contribution < 1.29 is 23.9 Å². The van der Waals surface area contributed by atoms with Gasteiger partial charge in [0.1, 0.15) is 13.2 Å². The Morgan fingerprint density at radius 2 is 1.88 bits per heavy atom. The fourth-order valence-corrected chi connectivity index (χ4v) is 3.33. The van der Waals surface area contributed by atoms with Gasteiger partial charge in [-0.2, -0.15) is 0 Å². The summed E-state index contributed by atoms with van der Waals surface area (Å²) in [6.07, 6.45) is 4.82. The molecule has 142 valence electrons. The molecule has 8 nitrogen and oxygen atoms in total. The first-order valence-electron chi connectivity index (χ1n) is 8.96. The third-order valence-electron chi connectivity index (χ3n) is 4.75. The van der Waals surface area contributed by atoms with Gasteiger partial charge >= 0.3 is 12.0 Å². The van der Waals surface area contributed by atoms with Crippen LogP contribution in [0.4, 0.5) is 4.79 Å². The van der Waals surface area contributed by atoms with E-state index in [1.54, 1.807) is 11.8 Å². The van der Waals surface area contributed by atoms with Gasteiger partial charge in [0.15, 0.2) is 0 Å². The first-order valence-corrected chi connectivity index (χ1v) is 8.96. The molecule has 0 aromatic heterocycles. The second-order valence-electron chi connectivity index (χ2n) is 6.86. The van der Waals surface area contributed by atoms with E-state index in [9.17, 15) is 14.4 Å². The summed E-state index contributed by atoms with van der Waals surface area (Å²) in [6.45, 7) is 3.05. The molecule has 0 unspecified atom stereocenters. The number of methoxy groups -OCH3 is 1. The molecule has 1 saturated heterocycles. The summed E-state index contributed by atoms with van der Waals surface area (Å²) >= 11 is 0. The molecule has 3 amide bonds. The van der Waals surface area contributed by atoms with Crippen molar-refractivity contribution >= 4 is 17.9 Å². The van der Waals surface area contributed by atoms with Crippen LogP contribution < -0.4 is 10.6 Å². The van der Waals surface area contributed by atoms with Crippen LogP contribution in [0, 0.1) is 5.92 Å². The van der Waals surface area contributed by atoms with Crippen molar-refractivity contribution in [3.05, 3.63) is 0 Å². The summed E-state index contributed by atoms with van der Waals surface area (Å²) in [5, 5.41) is 5.72. The standard InChI is InChI=1S/C17H29N3O5/c1-3-25-15(22)11-18-16(23)20-8-6-17(7-9-20,10-13-4-5-13)19-14(21)12-24-2/h13H,3-12H2,1-2H3,(H,18,23)(H,19,21). The highest BCUT2D eigenvalue weighted by Gasteiger charge is 2.41. The quantitative estimate of drug-likeness (QED) is 0.624. The topological polar surface area (TPSA) is 97.0 Å². The van der Waals surface area contributed by atoms with Crippen LogP contribution in [0.1, 0.15) is 39.0 Å². The Morgan fingerprint density at radius 1 is 1.20 bits per heavy atom. The van der Waals surface area contributed by atoms with Gasteiger partial charge in [-0.1, -0.05) is 12.8 Å². The molecule has 0 aromatic rings. The van der Waals surface area contributed by atoms with Gasteiger partial charge in [-0.25, -0.2) is 4.79 Å². The summed E-state index contributed by atoms with van der Waals surface area (Å²) in [6, 6.07) is -0.267. The van der Waals surface area contributed by atoms with Crippen LogP contribution in [0.15, 0.2) is 0 Å². The third-order valence-corrected chi connectivity index (χ3v) is 4.75. The normalized spacial score (nSPS) is 19.2. The molecule has 0 spiro atoms. The first kappa shape index (κ1) is 19.5. The van der Waals surface area contributed by atoms with Crippen molar-refractivity contribution in [2.45, 2.75) is 44.6 Å². The molecule has 2 aliphatic rings. The number of likely N-dealkylation sites (tertiary alicyclic amines) is 1. The summed E-state index contributed by atoms with van der Waals surface area (Å²) in [5.41, 5.74) is -0.255. The van der Waals surface area contributed by atoms with Gasteiger partial charge in [-0.3, -0.25) is 9.59 Å². The summed E-state index contributed by atoms with van der Waals surface area (Å²) in [5.74, 6) is 0.123. The van der Waals surface area contributed by atoms with E-state index in [4.69, 9.17) is 9.47 Å². The predicted molar refractivity (Wildman–Crippen MR) is 90.9 cm³/mol. The Hall–Kier alpha value is -1.83. The number of carbonyl (C=O) groups excluding carboxylic acids is 3. The van der Waals surface area contributed by atoms with E-state index in [0.29, 0.717) is 38.5 Å². The second kappa shape index (κ2) is 9.03. The van der Waals surface area contributed by atoms with E-state index in [1.165, 1.54) is 20.0 Å². The zero-order chi connectivity index (χ0) is 18.3. The number of urea groups is 1. The van der Waals surface area contributed by atoms with Crippen LogP contribution in [0.3, 0.4) is 0 Å². The molecule has 1 saturated carbocycles. The zero-order valence-corrected chi connectivity index (χ0v) is 15.1. The van der Waals surface area contributed by atoms with Gasteiger partial charge in [-0.05, 0) is 32.1 Å². The van der Waals surface area contributed by atoms with Crippen molar-refractivity contribution in [3.8, 4) is 0 Å². The Bertz CT molecular complexity index is 485. The van der Waals surface area contributed by atoms with E-state index >= 15 is 0 Å². The van der Waals surface area contributed by atoms with Gasteiger partial charge < -0.3 is 25.0 Å². The molecule has 2 fully saturated rings. The number of esters is 1. The molecule has 2 rings (SSSR count). The van der Waals surface area contributed by atoms with Crippen LogP contribution in [-0.2, 0) is 19.1 Å². The Labute approximate surface area is 148 Å². The van der Waals surface area contributed by atoms with Crippen LogP contribution in [-0.4, -0.2) is 68.3 Å². The average Bonchev–Trinajstić information content (AvgIpc) is 3.37. The Kier molecular flexibility index (Phi) is 7.04. The lowest BCUT2D eigenvalue weighted by molar-refractivity contribution is -0.141. The maximum absolute atomic E-state index is 12.2. The van der Waals surface area contributed by atoms with Gasteiger partial charge in [0, 0.05) is 25.7 Å². The zero-order valence-electron chi connectivity index (χ0n) is 15.1. The van der Waals surface area contributed by atoms with Crippen molar-refractivity contribution in [2.75, 3.05) is 40.0 Å². The highest BCUT2D eigenvalue weighted by atomic mass is 16.5. The number of hydrogen-bond donors (Lipinski definition) is 2. The number of nitrogens with one attached hydrogen (secondary N) is 2.